The summed E-state index contributed by atoms with van der Waals surface area (Å²) in [4.78, 5) is 8.83. The Kier molecular flexibility index (Phi) is 4.22. The average Bonchev–Trinajstić information content (AvgIpc) is 2.38. The molecule has 0 aliphatic rings. The van der Waals surface area contributed by atoms with Crippen molar-refractivity contribution in [1.29, 1.82) is 0 Å². The summed E-state index contributed by atoms with van der Waals surface area (Å²) in [6.07, 6.45) is 0.708. The quantitative estimate of drug-likeness (QED) is 0.918. The molecule has 2 aromatic rings. The lowest BCUT2D eigenvalue weighted by molar-refractivity contribution is 0.572. The van der Waals surface area contributed by atoms with Gasteiger partial charge in [0.1, 0.15) is 11.6 Å². The van der Waals surface area contributed by atoms with Crippen LogP contribution in [0.1, 0.15) is 18.4 Å². The predicted octanol–water partition coefficient (Wildman–Crippen LogP) is 2.73. The first-order valence-electron chi connectivity index (χ1n) is 6.39. The summed E-state index contributed by atoms with van der Waals surface area (Å²) in [6, 6.07) is 8.44. The van der Waals surface area contributed by atoms with Gasteiger partial charge >= 0.3 is 0 Å². The Hall–Kier alpha value is -1.81. The number of aryl methyl sites for hydroxylation is 1. The van der Waals surface area contributed by atoms with Crippen molar-refractivity contribution in [3.05, 3.63) is 47.7 Å². The second-order valence-electron chi connectivity index (χ2n) is 4.84. The summed E-state index contributed by atoms with van der Waals surface area (Å²) in [5, 5.41) is 0. The molecule has 19 heavy (non-hydrogen) atoms. The van der Waals surface area contributed by atoms with Gasteiger partial charge in [-0.15, -0.1) is 0 Å². The van der Waals surface area contributed by atoms with Crippen LogP contribution >= 0.6 is 0 Å². The van der Waals surface area contributed by atoms with E-state index in [1.165, 1.54) is 6.07 Å². The van der Waals surface area contributed by atoms with Gasteiger partial charge in [-0.25, -0.2) is 14.4 Å². The maximum absolute atomic E-state index is 13.8. The molecule has 1 aromatic heterocycles. The molecule has 0 spiro atoms. The maximum atomic E-state index is 13.8. The number of hydrogen-bond acceptors (Lipinski definition) is 3. The lowest BCUT2D eigenvalue weighted by Gasteiger charge is -2.10. The van der Waals surface area contributed by atoms with E-state index in [0.717, 1.165) is 11.5 Å². The predicted molar refractivity (Wildman–Crippen MR) is 74.1 cm³/mol. The van der Waals surface area contributed by atoms with Gasteiger partial charge in [-0.05, 0) is 37.6 Å². The minimum Gasteiger partial charge on any atom is -0.330 e. The second-order valence-corrected chi connectivity index (χ2v) is 4.84. The van der Waals surface area contributed by atoms with Gasteiger partial charge < -0.3 is 5.73 Å². The molecule has 2 rings (SSSR count). The van der Waals surface area contributed by atoms with Crippen LogP contribution in [0.5, 0.6) is 0 Å². The summed E-state index contributed by atoms with van der Waals surface area (Å²) in [5.41, 5.74) is 7.59. The molecule has 0 saturated heterocycles. The summed E-state index contributed by atoms with van der Waals surface area (Å²) in [5.74, 6) is 0.768. The fraction of sp³-hybridized carbons (Fsp3) is 0.333. The van der Waals surface area contributed by atoms with Gasteiger partial charge in [0.25, 0.3) is 0 Å². The molecular weight excluding hydrogens is 241 g/mol. The van der Waals surface area contributed by atoms with Gasteiger partial charge in [0, 0.05) is 17.7 Å². The zero-order valence-corrected chi connectivity index (χ0v) is 11.2. The van der Waals surface area contributed by atoms with Gasteiger partial charge in [0.15, 0.2) is 0 Å². The van der Waals surface area contributed by atoms with Crippen molar-refractivity contribution in [2.75, 3.05) is 6.54 Å². The van der Waals surface area contributed by atoms with Crippen LogP contribution in [0.25, 0.3) is 11.3 Å². The highest BCUT2D eigenvalue weighted by Crippen LogP contribution is 2.21. The largest absolute Gasteiger partial charge is 0.330 e. The third-order valence-electron chi connectivity index (χ3n) is 2.98. The van der Waals surface area contributed by atoms with Crippen molar-refractivity contribution < 1.29 is 4.39 Å². The van der Waals surface area contributed by atoms with E-state index in [2.05, 4.69) is 16.9 Å². The molecule has 0 aliphatic carbocycles. The van der Waals surface area contributed by atoms with E-state index in [0.29, 0.717) is 30.1 Å². The SMILES string of the molecule is Cc1cc(-c2ccccc2F)nc(CC(C)CN)n1. The minimum absolute atomic E-state index is 0.265. The van der Waals surface area contributed by atoms with Gasteiger partial charge in [0.2, 0.25) is 0 Å². The first-order valence-corrected chi connectivity index (χ1v) is 6.39. The highest BCUT2D eigenvalue weighted by Gasteiger charge is 2.10. The average molecular weight is 259 g/mol. The molecule has 0 aliphatic heterocycles. The molecule has 1 aromatic carbocycles. The maximum Gasteiger partial charge on any atom is 0.132 e. The number of benzene rings is 1. The van der Waals surface area contributed by atoms with E-state index < -0.39 is 0 Å². The monoisotopic (exact) mass is 259 g/mol. The molecule has 2 N–H and O–H groups in total. The van der Waals surface area contributed by atoms with Crippen molar-refractivity contribution in [3.8, 4) is 11.3 Å². The van der Waals surface area contributed by atoms with E-state index in [1.54, 1.807) is 24.3 Å². The van der Waals surface area contributed by atoms with Gasteiger partial charge in [-0.2, -0.15) is 0 Å². The Morgan fingerprint density at radius 3 is 2.68 bits per heavy atom. The van der Waals surface area contributed by atoms with E-state index in [-0.39, 0.29) is 5.82 Å². The Morgan fingerprint density at radius 2 is 2.00 bits per heavy atom. The first kappa shape index (κ1) is 13.6. The lowest BCUT2D eigenvalue weighted by atomic mass is 10.1. The number of nitrogens with zero attached hydrogens (tertiary/aromatic N) is 2. The van der Waals surface area contributed by atoms with E-state index >= 15 is 0 Å². The molecule has 0 bridgehead atoms. The summed E-state index contributed by atoms with van der Waals surface area (Å²) >= 11 is 0. The number of rotatable bonds is 4. The van der Waals surface area contributed by atoms with Gasteiger partial charge in [-0.1, -0.05) is 19.1 Å². The Morgan fingerprint density at radius 1 is 1.26 bits per heavy atom. The van der Waals surface area contributed by atoms with Crippen LogP contribution in [0.2, 0.25) is 0 Å². The van der Waals surface area contributed by atoms with E-state index in [1.807, 2.05) is 6.92 Å². The lowest BCUT2D eigenvalue weighted by Crippen LogP contribution is -2.15. The molecule has 0 amide bonds. The van der Waals surface area contributed by atoms with Gasteiger partial charge in [0.05, 0.1) is 5.69 Å². The number of hydrogen-bond donors (Lipinski definition) is 1. The Balaban J connectivity index is 2.39. The highest BCUT2D eigenvalue weighted by molar-refractivity contribution is 5.60. The number of halogens is 1. The molecule has 0 fully saturated rings. The standard InChI is InChI=1S/C15H18FN3/c1-10(9-17)7-15-18-11(2)8-14(19-15)12-5-3-4-6-13(12)16/h3-6,8,10H,7,9,17H2,1-2H3. The zero-order chi connectivity index (χ0) is 13.8. The van der Waals surface area contributed by atoms with Crippen LogP contribution in [-0.2, 0) is 6.42 Å². The fourth-order valence-corrected chi connectivity index (χ4v) is 1.92. The summed E-state index contributed by atoms with van der Waals surface area (Å²) in [6.45, 7) is 4.53. The molecule has 4 heteroatoms. The van der Waals surface area contributed by atoms with Crippen LogP contribution in [0.3, 0.4) is 0 Å². The zero-order valence-electron chi connectivity index (χ0n) is 11.2. The minimum atomic E-state index is -0.265. The van der Waals surface area contributed by atoms with Crippen LogP contribution in [0.4, 0.5) is 4.39 Å². The second kappa shape index (κ2) is 5.89. The van der Waals surface area contributed by atoms with Crippen molar-refractivity contribution in [1.82, 2.24) is 9.97 Å². The summed E-state index contributed by atoms with van der Waals surface area (Å²) < 4.78 is 13.8. The normalized spacial score (nSPS) is 12.4. The van der Waals surface area contributed by atoms with Crippen molar-refractivity contribution in [2.45, 2.75) is 20.3 Å². The Bertz CT molecular complexity index is 569. The smallest absolute Gasteiger partial charge is 0.132 e. The molecule has 0 radical (unpaired) electrons. The van der Waals surface area contributed by atoms with Crippen molar-refractivity contribution in [2.24, 2.45) is 11.7 Å². The van der Waals surface area contributed by atoms with Gasteiger partial charge in [-0.3, -0.25) is 0 Å². The number of aromatic nitrogens is 2. The molecule has 100 valence electrons. The third kappa shape index (κ3) is 3.35. The van der Waals surface area contributed by atoms with E-state index in [9.17, 15) is 4.39 Å². The molecular formula is C15H18FN3. The van der Waals surface area contributed by atoms with Crippen LogP contribution in [-0.4, -0.2) is 16.5 Å². The highest BCUT2D eigenvalue weighted by atomic mass is 19.1. The van der Waals surface area contributed by atoms with E-state index in [4.69, 9.17) is 5.73 Å². The fourth-order valence-electron chi connectivity index (χ4n) is 1.92. The molecule has 1 atom stereocenters. The molecule has 0 saturated carbocycles. The number of nitrogens with two attached hydrogens (primary N) is 1. The van der Waals surface area contributed by atoms with Crippen molar-refractivity contribution in [3.63, 3.8) is 0 Å². The van der Waals surface area contributed by atoms with Crippen LogP contribution in [0, 0.1) is 18.7 Å². The van der Waals surface area contributed by atoms with Crippen LogP contribution in [0.15, 0.2) is 30.3 Å². The summed E-state index contributed by atoms with van der Waals surface area (Å²) in [7, 11) is 0. The molecule has 3 nitrogen and oxygen atoms in total. The van der Waals surface area contributed by atoms with Crippen LogP contribution < -0.4 is 5.73 Å². The first-order chi connectivity index (χ1) is 9.10. The molecule has 1 unspecified atom stereocenters. The van der Waals surface area contributed by atoms with Crippen molar-refractivity contribution >= 4 is 0 Å². The topological polar surface area (TPSA) is 51.8 Å². The Labute approximate surface area is 112 Å². The third-order valence-corrected chi connectivity index (χ3v) is 2.98. The molecule has 1 heterocycles.